The Bertz CT molecular complexity index is 721. The zero-order valence-electron chi connectivity index (χ0n) is 19.7. The Kier molecular flexibility index (Phi) is 5.96. The Balaban J connectivity index is 1.59. The lowest BCUT2D eigenvalue weighted by atomic mass is 9.49. The van der Waals surface area contributed by atoms with Gasteiger partial charge in [0.25, 0.3) is 0 Å². The highest BCUT2D eigenvalue weighted by molar-refractivity contribution is 5.74. The van der Waals surface area contributed by atoms with E-state index < -0.39 is 12.2 Å². The molecule has 0 radical (unpaired) electrons. The summed E-state index contributed by atoms with van der Waals surface area (Å²) in [6.07, 6.45) is 3.05. The van der Waals surface area contributed by atoms with Crippen LogP contribution in [0.5, 0.6) is 0 Å². The molecule has 4 aliphatic rings. The van der Waals surface area contributed by atoms with E-state index in [1.807, 2.05) is 20.8 Å². The molecule has 176 valence electrons. The summed E-state index contributed by atoms with van der Waals surface area (Å²) < 4.78 is 11.7. The third-order valence-corrected chi connectivity index (χ3v) is 9.77. The zero-order valence-corrected chi connectivity index (χ0v) is 19.7. The monoisotopic (exact) mass is 436 g/mol. The van der Waals surface area contributed by atoms with Crippen LogP contribution in [0.15, 0.2) is 0 Å². The van der Waals surface area contributed by atoms with Crippen LogP contribution in [0.3, 0.4) is 0 Å². The lowest BCUT2D eigenvalue weighted by Gasteiger charge is -2.55. The van der Waals surface area contributed by atoms with Crippen molar-refractivity contribution in [2.45, 2.75) is 91.5 Å². The summed E-state index contributed by atoms with van der Waals surface area (Å²) >= 11 is 0. The molecule has 0 unspecified atom stereocenters. The van der Waals surface area contributed by atoms with Gasteiger partial charge in [0, 0.05) is 5.92 Å². The van der Waals surface area contributed by atoms with Gasteiger partial charge < -0.3 is 19.7 Å². The Hall–Kier alpha value is -1.14. The summed E-state index contributed by atoms with van der Waals surface area (Å²) in [6.45, 7) is 10.7. The Morgan fingerprint density at radius 3 is 2.42 bits per heavy atom. The van der Waals surface area contributed by atoms with Crippen LogP contribution in [0.4, 0.5) is 0 Å². The van der Waals surface area contributed by atoms with Crippen LogP contribution in [-0.4, -0.2) is 47.1 Å². The van der Waals surface area contributed by atoms with Gasteiger partial charge in [0.05, 0.1) is 30.7 Å². The summed E-state index contributed by atoms with van der Waals surface area (Å²) in [5.41, 5.74) is -0.306. The first-order chi connectivity index (χ1) is 14.5. The molecule has 1 heterocycles. The van der Waals surface area contributed by atoms with Crippen molar-refractivity contribution in [2.75, 3.05) is 6.61 Å². The first-order valence-electron chi connectivity index (χ1n) is 12.2. The maximum atomic E-state index is 12.9. The number of fused-ring (bicyclic) bond motifs is 5. The number of rotatable bonds is 3. The third kappa shape index (κ3) is 3.62. The summed E-state index contributed by atoms with van der Waals surface area (Å²) in [6, 6.07) is 0. The standard InChI is InChI=1S/C25H40O6/c1-13(2)22(28)31-14(3)16-6-7-17-15-12-30-23(29)19-10-20(26)21(27)11-25(19,5)18(15)8-9-24(16,17)4/h13-21,26-27H,6-12H2,1-5H3/t14-,15+,16-,17+,18+,19-,20+,21-,24-,25-/m1/s1. The molecule has 0 aromatic rings. The number of carbonyl (C=O) groups excluding carboxylic acids is 2. The van der Waals surface area contributed by atoms with E-state index in [1.165, 1.54) is 0 Å². The summed E-state index contributed by atoms with van der Waals surface area (Å²) in [5.74, 6) is 0.420. The highest BCUT2D eigenvalue weighted by Gasteiger charge is 2.63. The highest BCUT2D eigenvalue weighted by atomic mass is 16.5. The van der Waals surface area contributed by atoms with Crippen LogP contribution in [0.25, 0.3) is 0 Å². The van der Waals surface area contributed by atoms with Crippen LogP contribution in [0.1, 0.15) is 73.1 Å². The number of aliphatic hydroxyl groups is 2. The third-order valence-electron chi connectivity index (χ3n) is 9.77. The minimum Gasteiger partial charge on any atom is -0.465 e. The van der Waals surface area contributed by atoms with Gasteiger partial charge in [0.1, 0.15) is 6.10 Å². The lowest BCUT2D eigenvalue weighted by Crippen LogP contribution is -2.54. The molecule has 3 aliphatic carbocycles. The predicted molar refractivity (Wildman–Crippen MR) is 115 cm³/mol. The van der Waals surface area contributed by atoms with E-state index in [4.69, 9.17) is 9.47 Å². The molecule has 1 aliphatic heterocycles. The van der Waals surface area contributed by atoms with Gasteiger partial charge in [-0.05, 0) is 74.0 Å². The smallest absolute Gasteiger partial charge is 0.309 e. The first-order valence-corrected chi connectivity index (χ1v) is 12.2. The van der Waals surface area contributed by atoms with Crippen LogP contribution in [0.2, 0.25) is 0 Å². The molecule has 6 heteroatoms. The van der Waals surface area contributed by atoms with E-state index in [1.54, 1.807) is 0 Å². The van der Waals surface area contributed by atoms with Gasteiger partial charge in [-0.1, -0.05) is 27.7 Å². The number of hydrogen-bond acceptors (Lipinski definition) is 6. The summed E-state index contributed by atoms with van der Waals surface area (Å²) in [4.78, 5) is 25.1. The van der Waals surface area contributed by atoms with Crippen LogP contribution in [-0.2, 0) is 19.1 Å². The average Bonchev–Trinajstić information content (AvgIpc) is 3.01. The van der Waals surface area contributed by atoms with Crippen LogP contribution >= 0.6 is 0 Å². The molecule has 4 fully saturated rings. The van der Waals surface area contributed by atoms with Crippen LogP contribution in [0, 0.1) is 46.3 Å². The van der Waals surface area contributed by atoms with Crippen molar-refractivity contribution in [3.8, 4) is 0 Å². The van der Waals surface area contributed by atoms with E-state index in [0.717, 1.165) is 25.7 Å². The molecule has 4 rings (SSSR count). The quantitative estimate of drug-likeness (QED) is 0.659. The van der Waals surface area contributed by atoms with Crippen molar-refractivity contribution >= 4 is 11.9 Å². The number of cyclic esters (lactones) is 1. The Labute approximate surface area is 186 Å². The SMILES string of the molecule is CC(C)C(=O)O[C@H](C)[C@H]1CC[C@H]2[C@@H]3COC(=O)[C@H]4C[C@H](O)[C@H](O)C[C@]4(C)[C@H]3CC[C@]12C. The van der Waals surface area contributed by atoms with E-state index in [2.05, 4.69) is 13.8 Å². The van der Waals surface area contributed by atoms with Crippen molar-refractivity contribution in [2.24, 2.45) is 46.3 Å². The molecule has 2 N–H and O–H groups in total. The molecule has 10 atom stereocenters. The minimum absolute atomic E-state index is 0.0489. The van der Waals surface area contributed by atoms with Crippen molar-refractivity contribution < 1.29 is 29.3 Å². The molecule has 1 saturated heterocycles. The van der Waals surface area contributed by atoms with E-state index >= 15 is 0 Å². The summed E-state index contributed by atoms with van der Waals surface area (Å²) in [7, 11) is 0. The molecular weight excluding hydrogens is 396 g/mol. The first kappa shape index (κ1) is 23.0. The van der Waals surface area contributed by atoms with E-state index in [0.29, 0.717) is 24.9 Å². The Morgan fingerprint density at radius 2 is 1.74 bits per heavy atom. The van der Waals surface area contributed by atoms with Crippen LogP contribution < -0.4 is 0 Å². The average molecular weight is 437 g/mol. The molecule has 0 aromatic heterocycles. The maximum absolute atomic E-state index is 12.9. The Morgan fingerprint density at radius 1 is 1.06 bits per heavy atom. The van der Waals surface area contributed by atoms with Gasteiger partial charge in [-0.15, -0.1) is 0 Å². The highest BCUT2D eigenvalue weighted by Crippen LogP contribution is 2.65. The lowest BCUT2D eigenvalue weighted by molar-refractivity contribution is -0.162. The largest absolute Gasteiger partial charge is 0.465 e. The second-order valence-corrected chi connectivity index (χ2v) is 11.7. The molecule has 0 aromatic carbocycles. The molecule has 0 spiro atoms. The molecule has 6 nitrogen and oxygen atoms in total. The van der Waals surface area contributed by atoms with Gasteiger partial charge in [0.2, 0.25) is 0 Å². The second kappa shape index (κ2) is 8.02. The van der Waals surface area contributed by atoms with Gasteiger partial charge in [-0.2, -0.15) is 0 Å². The fourth-order valence-electron chi connectivity index (χ4n) is 8.00. The van der Waals surface area contributed by atoms with Gasteiger partial charge in [-0.3, -0.25) is 9.59 Å². The molecule has 0 bridgehead atoms. The molecular formula is C25H40O6. The van der Waals surface area contributed by atoms with Crippen molar-refractivity contribution in [1.82, 2.24) is 0 Å². The predicted octanol–water partition coefficient (Wildman–Crippen LogP) is 3.33. The summed E-state index contributed by atoms with van der Waals surface area (Å²) in [5, 5.41) is 20.7. The number of aliphatic hydroxyl groups excluding tert-OH is 2. The van der Waals surface area contributed by atoms with E-state index in [-0.39, 0.29) is 59.0 Å². The van der Waals surface area contributed by atoms with Crippen molar-refractivity contribution in [1.29, 1.82) is 0 Å². The van der Waals surface area contributed by atoms with Crippen molar-refractivity contribution in [3.63, 3.8) is 0 Å². The zero-order chi connectivity index (χ0) is 22.7. The fraction of sp³-hybridized carbons (Fsp3) is 0.920. The maximum Gasteiger partial charge on any atom is 0.309 e. The molecule has 0 amide bonds. The number of hydrogen-bond donors (Lipinski definition) is 2. The number of esters is 2. The molecule has 31 heavy (non-hydrogen) atoms. The minimum atomic E-state index is -0.858. The van der Waals surface area contributed by atoms with Gasteiger partial charge in [0.15, 0.2) is 0 Å². The second-order valence-electron chi connectivity index (χ2n) is 11.7. The van der Waals surface area contributed by atoms with Crippen molar-refractivity contribution in [3.05, 3.63) is 0 Å². The topological polar surface area (TPSA) is 93.1 Å². The number of carbonyl (C=O) groups is 2. The van der Waals surface area contributed by atoms with E-state index in [9.17, 15) is 19.8 Å². The normalized spacial score (nSPS) is 48.1. The van der Waals surface area contributed by atoms with Gasteiger partial charge in [-0.25, -0.2) is 0 Å². The number of ether oxygens (including phenoxy) is 2. The van der Waals surface area contributed by atoms with Gasteiger partial charge >= 0.3 is 11.9 Å². The molecule has 3 saturated carbocycles. The fourth-order valence-corrected chi connectivity index (χ4v) is 8.00.